The monoisotopic (exact) mass is 493 g/mol. The molecule has 0 fully saturated rings. The number of nitrogens with one attached hydrogen (secondary N) is 1. The minimum Gasteiger partial charge on any atom is -0.494 e. The number of sulfonamides is 1. The lowest BCUT2D eigenvalue weighted by Crippen LogP contribution is -2.39. The van der Waals surface area contributed by atoms with Gasteiger partial charge in [0.2, 0.25) is 0 Å². The topological polar surface area (TPSA) is 88.1 Å². The van der Waals surface area contributed by atoms with E-state index in [0.717, 1.165) is 27.6 Å². The number of ether oxygens (including phenoxy) is 1. The largest absolute Gasteiger partial charge is 0.494 e. The van der Waals surface area contributed by atoms with Crippen LogP contribution in [0.4, 0.5) is 5.69 Å². The van der Waals surface area contributed by atoms with Gasteiger partial charge in [0.15, 0.2) is 0 Å². The lowest BCUT2D eigenvalue weighted by Gasteiger charge is -2.24. The van der Waals surface area contributed by atoms with Crippen LogP contribution in [0.15, 0.2) is 88.9 Å². The number of nitrogens with zero attached hydrogens (tertiary/aromatic N) is 2. The van der Waals surface area contributed by atoms with Crippen LogP contribution in [-0.2, 0) is 14.8 Å². The summed E-state index contributed by atoms with van der Waals surface area (Å²) in [6, 6.07) is 22.5. The Labute approximate surface area is 207 Å². The Bertz CT molecular complexity index is 1220. The predicted molar refractivity (Wildman–Crippen MR) is 139 cm³/mol. The summed E-state index contributed by atoms with van der Waals surface area (Å²) in [7, 11) is -3.97. The molecule has 3 aromatic rings. The van der Waals surface area contributed by atoms with E-state index < -0.39 is 22.5 Å². The molecule has 184 valence electrons. The molecule has 3 aromatic carbocycles. The number of amides is 1. The van der Waals surface area contributed by atoms with Crippen molar-refractivity contribution in [3.63, 3.8) is 0 Å². The van der Waals surface area contributed by atoms with E-state index in [1.165, 1.54) is 18.3 Å². The van der Waals surface area contributed by atoms with Crippen LogP contribution in [-0.4, -0.2) is 33.7 Å². The van der Waals surface area contributed by atoms with Crippen molar-refractivity contribution < 1.29 is 17.9 Å². The Morgan fingerprint density at radius 2 is 1.66 bits per heavy atom. The molecule has 0 saturated heterocycles. The number of rotatable bonds is 11. The normalized spacial score (nSPS) is 11.5. The Kier molecular flexibility index (Phi) is 9.03. The molecule has 0 bridgehead atoms. The van der Waals surface area contributed by atoms with Gasteiger partial charge < -0.3 is 4.74 Å². The van der Waals surface area contributed by atoms with E-state index in [4.69, 9.17) is 4.74 Å². The van der Waals surface area contributed by atoms with Gasteiger partial charge in [0.05, 0.1) is 23.4 Å². The van der Waals surface area contributed by atoms with Crippen LogP contribution in [0.1, 0.15) is 44.2 Å². The fourth-order valence-electron chi connectivity index (χ4n) is 3.27. The molecule has 1 N–H and O–H groups in total. The van der Waals surface area contributed by atoms with E-state index in [0.29, 0.717) is 18.2 Å². The molecule has 0 heterocycles. The van der Waals surface area contributed by atoms with E-state index in [1.807, 2.05) is 43.3 Å². The van der Waals surface area contributed by atoms with Crippen LogP contribution >= 0.6 is 0 Å². The lowest BCUT2D eigenvalue weighted by molar-refractivity contribution is -0.119. The highest BCUT2D eigenvalue weighted by atomic mass is 32.2. The smallest absolute Gasteiger partial charge is 0.264 e. The fourth-order valence-corrected chi connectivity index (χ4v) is 4.72. The molecule has 35 heavy (non-hydrogen) atoms. The van der Waals surface area contributed by atoms with Gasteiger partial charge in [0.1, 0.15) is 12.3 Å². The van der Waals surface area contributed by atoms with Crippen molar-refractivity contribution in [3.8, 4) is 5.75 Å². The molecular formula is C27H31N3O4S. The van der Waals surface area contributed by atoms with Crippen LogP contribution < -0.4 is 14.5 Å². The Hall–Kier alpha value is -3.65. The lowest BCUT2D eigenvalue weighted by atomic mass is 10.0. The average Bonchev–Trinajstić information content (AvgIpc) is 2.87. The van der Waals surface area contributed by atoms with Gasteiger partial charge in [-0.05, 0) is 72.0 Å². The zero-order valence-electron chi connectivity index (χ0n) is 20.2. The number of carbonyl (C=O) groups excluding carboxylic acids is 1. The minimum atomic E-state index is -3.97. The molecule has 0 spiro atoms. The molecule has 0 aliphatic carbocycles. The molecular weight excluding hydrogens is 462 g/mol. The third-order valence-corrected chi connectivity index (χ3v) is 7.01. The predicted octanol–water partition coefficient (Wildman–Crippen LogP) is 4.94. The third-order valence-electron chi connectivity index (χ3n) is 5.22. The average molecular weight is 494 g/mol. The molecule has 0 saturated carbocycles. The maximum Gasteiger partial charge on any atom is 0.264 e. The highest BCUT2D eigenvalue weighted by molar-refractivity contribution is 7.92. The van der Waals surface area contributed by atoms with E-state index in [-0.39, 0.29) is 4.90 Å². The van der Waals surface area contributed by atoms with Crippen molar-refractivity contribution in [3.05, 3.63) is 90.0 Å². The van der Waals surface area contributed by atoms with E-state index in [9.17, 15) is 13.2 Å². The van der Waals surface area contributed by atoms with Gasteiger partial charge >= 0.3 is 0 Å². The number of hydrazone groups is 1. The Morgan fingerprint density at radius 1 is 1.00 bits per heavy atom. The number of benzene rings is 3. The first-order valence-corrected chi connectivity index (χ1v) is 13.0. The SMILES string of the molecule is CCCOc1ccc(/C=N\NC(=O)CN(c2ccc(C(C)C)cc2)S(=O)(=O)c2ccccc2)cc1. The molecule has 0 radical (unpaired) electrons. The summed E-state index contributed by atoms with van der Waals surface area (Å²) in [5, 5.41) is 3.99. The maximum atomic E-state index is 13.4. The van der Waals surface area contributed by atoms with Gasteiger partial charge in [-0.15, -0.1) is 0 Å². The highest BCUT2D eigenvalue weighted by Gasteiger charge is 2.27. The standard InChI is InChI=1S/C27H31N3O4S/c1-4-18-34-25-16-10-22(11-17-25)19-28-29-27(31)20-30(24-14-12-23(13-15-24)21(2)3)35(32,33)26-8-6-5-7-9-26/h5-17,19,21H,4,18,20H2,1-3H3,(H,29,31)/b28-19-. The summed E-state index contributed by atoms with van der Waals surface area (Å²) in [5.41, 5.74) is 4.67. The molecule has 0 aliphatic heterocycles. The van der Waals surface area contributed by atoms with Crippen LogP contribution in [0.2, 0.25) is 0 Å². The van der Waals surface area contributed by atoms with Crippen molar-refractivity contribution in [1.82, 2.24) is 5.43 Å². The third kappa shape index (κ3) is 7.16. The second-order valence-corrected chi connectivity index (χ2v) is 10.1. The van der Waals surface area contributed by atoms with Gasteiger partial charge in [-0.3, -0.25) is 9.10 Å². The summed E-state index contributed by atoms with van der Waals surface area (Å²) in [5.74, 6) is 0.503. The Morgan fingerprint density at radius 3 is 2.26 bits per heavy atom. The molecule has 0 unspecified atom stereocenters. The zero-order valence-corrected chi connectivity index (χ0v) is 21.0. The molecule has 0 aliphatic rings. The van der Waals surface area contributed by atoms with Crippen molar-refractivity contribution >= 4 is 27.8 Å². The number of carbonyl (C=O) groups is 1. The van der Waals surface area contributed by atoms with Crippen molar-refractivity contribution in [2.75, 3.05) is 17.5 Å². The van der Waals surface area contributed by atoms with Gasteiger partial charge in [-0.2, -0.15) is 5.10 Å². The summed E-state index contributed by atoms with van der Waals surface area (Å²) in [6.07, 6.45) is 2.42. The van der Waals surface area contributed by atoms with Crippen LogP contribution in [0, 0.1) is 0 Å². The maximum absolute atomic E-state index is 13.4. The van der Waals surface area contributed by atoms with E-state index in [1.54, 1.807) is 30.3 Å². The molecule has 1 amide bonds. The minimum absolute atomic E-state index is 0.106. The number of hydrogen-bond donors (Lipinski definition) is 1. The van der Waals surface area contributed by atoms with Crippen molar-refractivity contribution in [2.45, 2.75) is 38.0 Å². The molecule has 0 aromatic heterocycles. The van der Waals surface area contributed by atoms with Gasteiger partial charge in [-0.1, -0.05) is 51.1 Å². The second kappa shape index (κ2) is 12.2. The summed E-state index contributed by atoms with van der Waals surface area (Å²) < 4.78 is 33.4. The van der Waals surface area contributed by atoms with Crippen molar-refractivity contribution in [1.29, 1.82) is 0 Å². The summed E-state index contributed by atoms with van der Waals surface area (Å²) in [6.45, 7) is 6.39. The molecule has 3 rings (SSSR count). The number of anilines is 1. The molecule has 8 heteroatoms. The second-order valence-electron chi connectivity index (χ2n) is 8.28. The quantitative estimate of drug-likeness (QED) is 0.303. The first-order chi connectivity index (χ1) is 16.8. The van der Waals surface area contributed by atoms with Gasteiger partial charge in [0, 0.05) is 0 Å². The molecule has 0 atom stereocenters. The van der Waals surface area contributed by atoms with E-state index in [2.05, 4.69) is 24.4 Å². The summed E-state index contributed by atoms with van der Waals surface area (Å²) >= 11 is 0. The highest BCUT2D eigenvalue weighted by Crippen LogP contribution is 2.25. The van der Waals surface area contributed by atoms with Crippen LogP contribution in [0.5, 0.6) is 5.75 Å². The van der Waals surface area contributed by atoms with Crippen LogP contribution in [0.3, 0.4) is 0 Å². The first-order valence-electron chi connectivity index (χ1n) is 11.5. The fraction of sp³-hybridized carbons (Fsp3) is 0.259. The van der Waals surface area contributed by atoms with Gasteiger partial charge in [0.25, 0.3) is 15.9 Å². The zero-order chi connectivity index (χ0) is 25.3. The van der Waals surface area contributed by atoms with Crippen LogP contribution in [0.25, 0.3) is 0 Å². The number of hydrogen-bond acceptors (Lipinski definition) is 5. The van der Waals surface area contributed by atoms with Gasteiger partial charge in [-0.25, -0.2) is 13.8 Å². The summed E-state index contributed by atoms with van der Waals surface area (Å²) in [4.78, 5) is 12.8. The molecule has 7 nitrogen and oxygen atoms in total. The Balaban J connectivity index is 1.75. The first kappa shape index (κ1) is 26.0. The van der Waals surface area contributed by atoms with Crippen molar-refractivity contribution in [2.24, 2.45) is 5.10 Å². The van der Waals surface area contributed by atoms with E-state index >= 15 is 0 Å².